The highest BCUT2D eigenvalue weighted by Gasteiger charge is 2.43. The molecule has 0 aromatic rings. The van der Waals surface area contributed by atoms with Crippen molar-refractivity contribution >= 4 is 24.7 Å². The van der Waals surface area contributed by atoms with Crippen molar-refractivity contribution in [2.75, 3.05) is 11.5 Å². The smallest absolute Gasteiger partial charge is 0.360 e. The van der Waals surface area contributed by atoms with Gasteiger partial charge in [0, 0.05) is 0 Å². The van der Waals surface area contributed by atoms with Crippen molar-refractivity contribution in [1.82, 2.24) is 0 Å². The maximum absolute atomic E-state index is 12.7. The van der Waals surface area contributed by atoms with Crippen LogP contribution in [0.15, 0.2) is 0 Å². The number of hydrogen-bond donors (Lipinski definition) is 0. The third kappa shape index (κ3) is 8.97. The molecule has 0 saturated heterocycles. The zero-order chi connectivity index (χ0) is 19.3. The van der Waals surface area contributed by atoms with Gasteiger partial charge in [0.25, 0.3) is 9.84 Å². The molecule has 0 aromatic carbocycles. The molecule has 0 aromatic heterocycles. The van der Waals surface area contributed by atoms with Crippen LogP contribution in [-0.2, 0) is 19.7 Å². The molecule has 1 atom stereocenters. The van der Waals surface area contributed by atoms with E-state index in [1.807, 2.05) is 13.8 Å². The van der Waals surface area contributed by atoms with Crippen LogP contribution in [0.4, 0.5) is 0 Å². The highest BCUT2D eigenvalue weighted by molar-refractivity contribution is 8.08. The summed E-state index contributed by atoms with van der Waals surface area (Å²) in [7, 11) is -7.54. The van der Waals surface area contributed by atoms with E-state index in [0.717, 1.165) is 25.7 Å². The van der Waals surface area contributed by atoms with Gasteiger partial charge >= 0.3 is 5.04 Å². The molecule has 0 amide bonds. The zero-order valence-corrected chi connectivity index (χ0v) is 17.5. The Morgan fingerprint density at radius 1 is 0.800 bits per heavy atom. The lowest BCUT2D eigenvalue weighted by atomic mass is 10.1. The molecule has 1 unspecified atom stereocenters. The molecule has 0 spiro atoms. The Labute approximate surface area is 153 Å². The maximum Gasteiger partial charge on any atom is 0.399 e. The summed E-state index contributed by atoms with van der Waals surface area (Å²) in [5.41, 5.74) is 9.31. The summed E-state index contributed by atoms with van der Waals surface area (Å²) < 4.78 is 50.3. The number of hydrogen-bond acceptors (Lipinski definition) is 4. The second-order valence-corrected chi connectivity index (χ2v) is 10.9. The molecule has 0 aliphatic rings. The first-order chi connectivity index (χ1) is 11.8. The summed E-state index contributed by atoms with van der Waals surface area (Å²) in [6, 6.07) is 0. The van der Waals surface area contributed by atoms with Gasteiger partial charge in [0.1, 0.15) is 0 Å². The predicted molar refractivity (Wildman–Crippen MR) is 103 cm³/mol. The third-order valence-corrected chi connectivity index (χ3v) is 8.41. The largest absolute Gasteiger partial charge is 0.399 e. The lowest BCUT2D eigenvalue weighted by molar-refractivity contribution is -0.00317. The van der Waals surface area contributed by atoms with Crippen molar-refractivity contribution in [3.63, 3.8) is 0 Å². The van der Waals surface area contributed by atoms with Gasteiger partial charge in [-0.05, 0) is 19.3 Å². The molecule has 0 bridgehead atoms. The fourth-order valence-electron chi connectivity index (χ4n) is 2.64. The van der Waals surface area contributed by atoms with Crippen molar-refractivity contribution in [1.29, 1.82) is 0 Å². The summed E-state index contributed by atoms with van der Waals surface area (Å²) in [5.74, 6) is -0.260. The van der Waals surface area contributed by atoms with Crippen molar-refractivity contribution in [3.8, 4) is 0 Å². The minimum Gasteiger partial charge on any atom is -0.360 e. The van der Waals surface area contributed by atoms with E-state index in [2.05, 4.69) is 11.7 Å². The van der Waals surface area contributed by atoms with E-state index in [9.17, 15) is 22.4 Å². The predicted octanol–water partition coefficient (Wildman–Crippen LogP) is 3.77. The first-order valence-corrected chi connectivity index (χ1v) is 12.8. The molecule has 0 aliphatic carbocycles. The van der Waals surface area contributed by atoms with Crippen molar-refractivity contribution in [2.45, 2.75) is 90.2 Å². The number of nitrogens with zero attached hydrogens (tertiary/aromatic N) is 2. The topological polar surface area (TPSA) is 105 Å². The summed E-state index contributed by atoms with van der Waals surface area (Å²) >= 11 is 0. The average Bonchev–Trinajstić information content (AvgIpc) is 2.56. The van der Waals surface area contributed by atoms with Gasteiger partial charge in [0.05, 0.1) is 11.5 Å². The Bertz CT molecular complexity index is 621. The van der Waals surface area contributed by atoms with E-state index in [4.69, 9.17) is 0 Å². The van der Waals surface area contributed by atoms with Gasteiger partial charge in [0.15, 0.2) is 15.1 Å². The molecule has 0 saturated carbocycles. The van der Waals surface area contributed by atoms with Crippen LogP contribution >= 0.6 is 0 Å². The first-order valence-electron chi connectivity index (χ1n) is 9.43. The molecule has 6 nitrogen and oxygen atoms in total. The Kier molecular flexibility index (Phi) is 12.2. The Balaban J connectivity index is 5.43. The first kappa shape index (κ1) is 24.3. The molecule has 8 heteroatoms. The molecule has 0 N–H and O–H groups in total. The van der Waals surface area contributed by atoms with Gasteiger partial charge in [-0.1, -0.05) is 65.7 Å². The number of rotatable bonds is 14. The van der Waals surface area contributed by atoms with Crippen LogP contribution in [0.25, 0.3) is 5.53 Å². The van der Waals surface area contributed by atoms with Crippen molar-refractivity contribution in [2.24, 2.45) is 0 Å². The van der Waals surface area contributed by atoms with Crippen LogP contribution in [0.5, 0.6) is 0 Å². The van der Waals surface area contributed by atoms with Gasteiger partial charge < -0.3 is 5.53 Å². The van der Waals surface area contributed by atoms with E-state index in [1.165, 1.54) is 0 Å². The second-order valence-electron chi connectivity index (χ2n) is 6.52. The van der Waals surface area contributed by atoms with Crippen LogP contribution in [0.3, 0.4) is 0 Å². The fourth-order valence-corrected chi connectivity index (χ4v) is 6.90. The van der Waals surface area contributed by atoms with Crippen LogP contribution < -0.4 is 0 Å². The van der Waals surface area contributed by atoms with Gasteiger partial charge in [-0.15, -0.1) is 0 Å². The van der Waals surface area contributed by atoms with Gasteiger partial charge in [-0.2, -0.15) is 4.79 Å². The maximum atomic E-state index is 12.7. The SMILES string of the molecule is CCCCCCCC(C(=[N+]=[N-])S(=O)(=O)CCCC)S(=O)(=O)CCCC. The molecule has 0 rings (SSSR count). The normalized spacial score (nSPS) is 13.4. The lowest BCUT2D eigenvalue weighted by Crippen LogP contribution is -2.39. The van der Waals surface area contributed by atoms with Gasteiger partial charge in [-0.25, -0.2) is 16.8 Å². The summed E-state index contributed by atoms with van der Waals surface area (Å²) in [5, 5.41) is -1.79. The quantitative estimate of drug-likeness (QED) is 0.147. The van der Waals surface area contributed by atoms with Crippen LogP contribution in [0, 0.1) is 0 Å². The van der Waals surface area contributed by atoms with Gasteiger partial charge in [0.2, 0.25) is 0 Å². The standard InChI is InChI=1S/C17H34N2O4S2/c1-4-7-10-11-12-13-16(24(20,21)14-8-5-2)17(19-18)25(22,23)15-9-6-3/h16H,4-15H2,1-3H3. The monoisotopic (exact) mass is 394 g/mol. The summed E-state index contributed by atoms with van der Waals surface area (Å²) in [6.07, 6.45) is 7.06. The molecule has 0 heterocycles. The third-order valence-electron chi connectivity index (χ3n) is 4.25. The van der Waals surface area contributed by atoms with Crippen LogP contribution in [-0.4, -0.2) is 43.4 Å². The molecular formula is C17H34N2O4S2. The lowest BCUT2D eigenvalue weighted by Gasteiger charge is -2.14. The molecule has 148 valence electrons. The van der Waals surface area contributed by atoms with Crippen LogP contribution in [0.2, 0.25) is 0 Å². The molecule has 25 heavy (non-hydrogen) atoms. The summed E-state index contributed by atoms with van der Waals surface area (Å²) in [6.45, 7) is 5.83. The minimum absolute atomic E-state index is 0.0779. The van der Waals surface area contributed by atoms with Crippen molar-refractivity contribution < 1.29 is 21.6 Å². The molecule has 0 radical (unpaired) electrons. The molecule has 0 aliphatic heterocycles. The Morgan fingerprint density at radius 3 is 1.84 bits per heavy atom. The zero-order valence-electron chi connectivity index (χ0n) is 15.9. The van der Waals surface area contributed by atoms with Crippen LogP contribution in [0.1, 0.15) is 85.0 Å². The number of unbranched alkanes of at least 4 members (excludes halogenated alkanes) is 6. The number of sulfone groups is 2. The average molecular weight is 395 g/mol. The van der Waals surface area contributed by atoms with Gasteiger partial charge in [-0.3, -0.25) is 0 Å². The van der Waals surface area contributed by atoms with E-state index < -0.39 is 30.0 Å². The fraction of sp³-hybridized carbons (Fsp3) is 0.941. The van der Waals surface area contributed by atoms with Crippen molar-refractivity contribution in [3.05, 3.63) is 5.53 Å². The summed E-state index contributed by atoms with van der Waals surface area (Å²) in [4.78, 5) is 2.95. The molecular weight excluding hydrogens is 360 g/mol. The Hall–Kier alpha value is -0.720. The Morgan fingerprint density at radius 2 is 1.32 bits per heavy atom. The van der Waals surface area contributed by atoms with E-state index in [0.29, 0.717) is 32.1 Å². The molecule has 0 fully saturated rings. The van der Waals surface area contributed by atoms with E-state index >= 15 is 0 Å². The van der Waals surface area contributed by atoms with E-state index in [1.54, 1.807) is 0 Å². The minimum atomic E-state index is -3.87. The highest BCUT2D eigenvalue weighted by Crippen LogP contribution is 2.19. The second kappa shape index (κ2) is 12.6. The van der Waals surface area contributed by atoms with E-state index in [-0.39, 0.29) is 17.9 Å². The highest BCUT2D eigenvalue weighted by atomic mass is 32.2.